The van der Waals surface area contributed by atoms with Crippen molar-refractivity contribution in [2.45, 2.75) is 22.7 Å². The van der Waals surface area contributed by atoms with E-state index in [2.05, 4.69) is 0 Å². The molecule has 2 heterocycles. The summed E-state index contributed by atoms with van der Waals surface area (Å²) >= 11 is 1.80. The third-order valence-electron chi connectivity index (χ3n) is 4.29. The average molecular weight is 359 g/mol. The summed E-state index contributed by atoms with van der Waals surface area (Å²) in [6.07, 6.45) is 1.45. The number of sulfonamides is 1. The summed E-state index contributed by atoms with van der Waals surface area (Å²) in [4.78, 5) is 0.0509. The van der Waals surface area contributed by atoms with Crippen LogP contribution < -0.4 is 9.47 Å². The first kappa shape index (κ1) is 16.9. The predicted octanol–water partition coefficient (Wildman–Crippen LogP) is 1.95. The second-order valence-corrected chi connectivity index (χ2v) is 8.91. The minimum absolute atomic E-state index is 0.177. The van der Waals surface area contributed by atoms with Gasteiger partial charge in [0, 0.05) is 24.9 Å². The van der Waals surface area contributed by atoms with Crippen LogP contribution >= 0.6 is 11.8 Å². The number of hydrogen-bond acceptors (Lipinski definition) is 6. The highest BCUT2D eigenvalue weighted by atomic mass is 32.2. The largest absolute Gasteiger partial charge is 0.493 e. The number of benzene rings is 1. The van der Waals surface area contributed by atoms with Gasteiger partial charge in [0.1, 0.15) is 4.93 Å². The molecule has 0 saturated carbocycles. The van der Waals surface area contributed by atoms with E-state index >= 15 is 0 Å². The van der Waals surface area contributed by atoms with Gasteiger partial charge in [-0.05, 0) is 25.0 Å². The van der Waals surface area contributed by atoms with Gasteiger partial charge in [-0.1, -0.05) is 0 Å². The molecule has 2 fully saturated rings. The van der Waals surface area contributed by atoms with Crippen molar-refractivity contribution >= 4 is 21.8 Å². The summed E-state index contributed by atoms with van der Waals surface area (Å²) in [5, 5.41) is 0. The molecule has 2 aliphatic heterocycles. The molecule has 0 amide bonds. The van der Waals surface area contributed by atoms with Crippen molar-refractivity contribution in [2.24, 2.45) is 0 Å². The maximum absolute atomic E-state index is 12.8. The van der Waals surface area contributed by atoms with Crippen molar-refractivity contribution in [1.29, 1.82) is 0 Å². The molecular formula is C15H21NO5S2. The number of hydrogen-bond donors (Lipinski definition) is 0. The van der Waals surface area contributed by atoms with Crippen LogP contribution in [0.25, 0.3) is 0 Å². The number of nitrogens with zero attached hydrogens (tertiary/aromatic N) is 1. The first-order chi connectivity index (χ1) is 11.0. The lowest BCUT2D eigenvalue weighted by Crippen LogP contribution is -2.44. The second kappa shape index (κ2) is 6.51. The van der Waals surface area contributed by atoms with Crippen LogP contribution in [0.1, 0.15) is 12.8 Å². The third-order valence-corrected chi connectivity index (χ3v) is 7.61. The maximum atomic E-state index is 12.8. The number of ether oxygens (including phenoxy) is 3. The van der Waals surface area contributed by atoms with Crippen molar-refractivity contribution in [3.05, 3.63) is 18.2 Å². The molecule has 1 aromatic carbocycles. The van der Waals surface area contributed by atoms with Gasteiger partial charge in [0.15, 0.2) is 11.5 Å². The second-order valence-electron chi connectivity index (χ2n) is 5.53. The van der Waals surface area contributed by atoms with Crippen LogP contribution in [0.5, 0.6) is 11.5 Å². The molecule has 1 spiro atoms. The SMILES string of the molecule is COc1ccc(S(=O)(=O)N2CCC3(CC2)OCCS3)cc1OC. The standard InChI is InChI=1S/C15H21NO5S2/c1-19-13-4-3-12(11-14(13)20-2)23(17,18)16-7-5-15(6-8-16)21-9-10-22-15/h3-4,11H,5-10H2,1-2H3. The van der Waals surface area contributed by atoms with E-state index in [4.69, 9.17) is 14.2 Å². The Hall–Kier alpha value is -0.960. The first-order valence-electron chi connectivity index (χ1n) is 7.51. The molecule has 2 aliphatic rings. The van der Waals surface area contributed by atoms with Crippen molar-refractivity contribution in [2.75, 3.05) is 39.7 Å². The highest BCUT2D eigenvalue weighted by Gasteiger charge is 2.42. The maximum Gasteiger partial charge on any atom is 0.243 e. The molecule has 2 saturated heterocycles. The van der Waals surface area contributed by atoms with Gasteiger partial charge in [-0.25, -0.2) is 8.42 Å². The number of piperidine rings is 1. The molecule has 128 valence electrons. The van der Waals surface area contributed by atoms with Crippen LogP contribution in [0.3, 0.4) is 0 Å². The van der Waals surface area contributed by atoms with Crippen molar-refractivity contribution in [3.8, 4) is 11.5 Å². The Kier molecular flexibility index (Phi) is 4.78. The van der Waals surface area contributed by atoms with Gasteiger partial charge in [0.2, 0.25) is 10.0 Å². The van der Waals surface area contributed by atoms with Crippen LogP contribution in [0.15, 0.2) is 23.1 Å². The number of methoxy groups -OCH3 is 2. The summed E-state index contributed by atoms with van der Waals surface area (Å²) in [5.41, 5.74) is 0. The molecule has 8 heteroatoms. The summed E-state index contributed by atoms with van der Waals surface area (Å²) in [7, 11) is -0.516. The molecule has 0 bridgehead atoms. The van der Waals surface area contributed by atoms with Gasteiger partial charge < -0.3 is 14.2 Å². The highest BCUT2D eigenvalue weighted by Crippen LogP contribution is 2.42. The van der Waals surface area contributed by atoms with Gasteiger partial charge in [0.25, 0.3) is 0 Å². The highest BCUT2D eigenvalue weighted by molar-refractivity contribution is 8.00. The average Bonchev–Trinajstić information content (AvgIpc) is 3.02. The number of thioether (sulfide) groups is 1. The van der Waals surface area contributed by atoms with Gasteiger partial charge in [-0.2, -0.15) is 4.31 Å². The van der Waals surface area contributed by atoms with E-state index in [0.717, 1.165) is 25.2 Å². The Bertz CT molecular complexity index is 660. The predicted molar refractivity (Wildman–Crippen MR) is 88.7 cm³/mol. The monoisotopic (exact) mass is 359 g/mol. The van der Waals surface area contributed by atoms with E-state index in [0.29, 0.717) is 24.6 Å². The van der Waals surface area contributed by atoms with E-state index < -0.39 is 10.0 Å². The molecule has 1 aromatic rings. The fourth-order valence-electron chi connectivity index (χ4n) is 2.98. The van der Waals surface area contributed by atoms with E-state index in [1.165, 1.54) is 24.6 Å². The lowest BCUT2D eigenvalue weighted by molar-refractivity contribution is 0.0162. The first-order valence-corrected chi connectivity index (χ1v) is 9.93. The Morgan fingerprint density at radius 3 is 2.43 bits per heavy atom. The van der Waals surface area contributed by atoms with E-state index in [1.54, 1.807) is 23.9 Å². The zero-order valence-electron chi connectivity index (χ0n) is 13.3. The van der Waals surface area contributed by atoms with Crippen molar-refractivity contribution < 1.29 is 22.6 Å². The Morgan fingerprint density at radius 1 is 1.17 bits per heavy atom. The van der Waals surface area contributed by atoms with Crippen LogP contribution in [-0.2, 0) is 14.8 Å². The molecular weight excluding hydrogens is 338 g/mol. The summed E-state index contributed by atoms with van der Waals surface area (Å²) in [5.74, 6) is 1.92. The molecule has 0 N–H and O–H groups in total. The molecule has 6 nitrogen and oxygen atoms in total. The topological polar surface area (TPSA) is 65.1 Å². The lowest BCUT2D eigenvalue weighted by atomic mass is 10.1. The summed E-state index contributed by atoms with van der Waals surface area (Å²) in [6, 6.07) is 4.69. The fraction of sp³-hybridized carbons (Fsp3) is 0.600. The molecule has 0 aliphatic carbocycles. The Labute approximate surface area is 141 Å². The smallest absolute Gasteiger partial charge is 0.243 e. The number of rotatable bonds is 4. The van der Waals surface area contributed by atoms with Gasteiger partial charge in [-0.3, -0.25) is 0 Å². The third kappa shape index (κ3) is 3.17. The van der Waals surface area contributed by atoms with Gasteiger partial charge in [-0.15, -0.1) is 11.8 Å². The van der Waals surface area contributed by atoms with Crippen LogP contribution in [0.4, 0.5) is 0 Å². The molecule has 0 radical (unpaired) electrons. The van der Waals surface area contributed by atoms with Crippen molar-refractivity contribution in [3.63, 3.8) is 0 Å². The molecule has 0 atom stereocenters. The molecule has 3 rings (SSSR count). The molecule has 0 unspecified atom stereocenters. The van der Waals surface area contributed by atoms with Crippen molar-refractivity contribution in [1.82, 2.24) is 4.31 Å². The fourth-order valence-corrected chi connectivity index (χ4v) is 5.61. The van der Waals surface area contributed by atoms with E-state index in [-0.39, 0.29) is 9.83 Å². The van der Waals surface area contributed by atoms with Gasteiger partial charge in [0.05, 0.1) is 25.7 Å². The lowest BCUT2D eigenvalue weighted by Gasteiger charge is -2.37. The van der Waals surface area contributed by atoms with E-state index in [1.807, 2.05) is 0 Å². The molecule has 0 aromatic heterocycles. The summed E-state index contributed by atoms with van der Waals surface area (Å²) in [6.45, 7) is 1.71. The zero-order chi connectivity index (χ0) is 16.5. The minimum atomic E-state index is -3.53. The van der Waals surface area contributed by atoms with Crippen LogP contribution in [0, 0.1) is 0 Å². The Balaban J connectivity index is 1.79. The summed E-state index contributed by atoms with van der Waals surface area (Å²) < 4.78 is 43.4. The Morgan fingerprint density at radius 2 is 1.87 bits per heavy atom. The quantitative estimate of drug-likeness (QED) is 0.819. The zero-order valence-corrected chi connectivity index (χ0v) is 14.9. The van der Waals surface area contributed by atoms with Crippen LogP contribution in [0.2, 0.25) is 0 Å². The van der Waals surface area contributed by atoms with E-state index in [9.17, 15) is 8.42 Å². The normalized spacial score (nSPS) is 21.5. The molecule has 23 heavy (non-hydrogen) atoms. The van der Waals surface area contributed by atoms with Crippen LogP contribution in [-0.4, -0.2) is 57.3 Å². The minimum Gasteiger partial charge on any atom is -0.493 e. The van der Waals surface area contributed by atoms with Gasteiger partial charge >= 0.3 is 0 Å².